The van der Waals surface area contributed by atoms with Crippen LogP contribution in [0.25, 0.3) is 0 Å². The van der Waals surface area contributed by atoms with Gasteiger partial charge in [0.05, 0.1) is 0 Å². The van der Waals surface area contributed by atoms with Crippen LogP contribution in [0.2, 0.25) is 0 Å². The van der Waals surface area contributed by atoms with Crippen molar-refractivity contribution in [2.75, 3.05) is 37.4 Å². The largest absolute Gasteiger partial charge is 0.368 e. The second-order valence-electron chi connectivity index (χ2n) is 5.82. The summed E-state index contributed by atoms with van der Waals surface area (Å²) in [7, 11) is 3.89. The summed E-state index contributed by atoms with van der Waals surface area (Å²) in [4.78, 5) is 22.5. The first-order valence-electron chi connectivity index (χ1n) is 8.12. The molecule has 1 aromatic heterocycles. The van der Waals surface area contributed by atoms with E-state index in [4.69, 9.17) is 0 Å². The second-order valence-corrected chi connectivity index (χ2v) is 5.82. The molecule has 0 atom stereocenters. The maximum absolute atomic E-state index is 11.9. The van der Waals surface area contributed by atoms with Crippen LogP contribution >= 0.6 is 0 Å². The molecule has 0 fully saturated rings. The van der Waals surface area contributed by atoms with E-state index in [9.17, 15) is 4.79 Å². The van der Waals surface area contributed by atoms with Gasteiger partial charge in [-0.15, -0.1) is 0 Å². The summed E-state index contributed by atoms with van der Waals surface area (Å²) < 4.78 is 0. The van der Waals surface area contributed by atoms with Gasteiger partial charge >= 0.3 is 0 Å². The average Bonchev–Trinajstić information content (AvgIpc) is 2.57. The minimum absolute atomic E-state index is 0.0634. The summed E-state index contributed by atoms with van der Waals surface area (Å²) in [5, 5.41) is 6.14. The van der Waals surface area contributed by atoms with Crippen LogP contribution in [0.3, 0.4) is 0 Å². The van der Waals surface area contributed by atoms with Crippen molar-refractivity contribution in [3.8, 4) is 0 Å². The number of hydrogen-bond acceptors (Lipinski definition) is 5. The Balaban J connectivity index is 1.70. The number of nitrogens with one attached hydrogen (secondary N) is 2. The van der Waals surface area contributed by atoms with Gasteiger partial charge in [0.25, 0.3) is 0 Å². The van der Waals surface area contributed by atoms with Crippen LogP contribution < -0.4 is 15.5 Å². The molecule has 6 nitrogen and oxygen atoms in total. The fraction of sp³-hybridized carbons (Fsp3) is 0.389. The van der Waals surface area contributed by atoms with E-state index >= 15 is 0 Å². The molecule has 0 spiro atoms. The number of carbonyl (C=O) groups is 1. The predicted octanol–water partition coefficient (Wildman–Crippen LogP) is 2.01. The van der Waals surface area contributed by atoms with Crippen molar-refractivity contribution in [2.24, 2.45) is 0 Å². The summed E-state index contributed by atoms with van der Waals surface area (Å²) >= 11 is 0. The van der Waals surface area contributed by atoms with Crippen molar-refractivity contribution in [1.29, 1.82) is 0 Å². The molecule has 2 rings (SSSR count). The number of benzene rings is 1. The van der Waals surface area contributed by atoms with Crippen molar-refractivity contribution < 1.29 is 4.79 Å². The highest BCUT2D eigenvalue weighted by Gasteiger charge is 2.04. The molecule has 24 heavy (non-hydrogen) atoms. The first-order valence-corrected chi connectivity index (χ1v) is 8.12. The number of hydrogen-bond donors (Lipinski definition) is 2. The Bertz CT molecular complexity index is 658. The number of amides is 1. The maximum Gasteiger partial charge on any atom is 0.220 e. The van der Waals surface area contributed by atoms with E-state index in [1.54, 1.807) is 0 Å². The Kier molecular flexibility index (Phi) is 6.54. The molecule has 0 radical (unpaired) electrons. The minimum Gasteiger partial charge on any atom is -0.368 e. The highest BCUT2D eigenvalue weighted by molar-refractivity contribution is 5.76. The molecular formula is C18H25N5O. The van der Waals surface area contributed by atoms with Gasteiger partial charge in [-0.05, 0) is 18.9 Å². The molecule has 0 aliphatic heterocycles. The fourth-order valence-electron chi connectivity index (χ4n) is 2.26. The van der Waals surface area contributed by atoms with E-state index in [1.165, 1.54) is 5.56 Å². The highest BCUT2D eigenvalue weighted by atomic mass is 16.1. The number of nitrogens with zero attached hydrogens (tertiary/aromatic N) is 3. The summed E-state index contributed by atoms with van der Waals surface area (Å²) in [6, 6.07) is 11.9. The van der Waals surface area contributed by atoms with E-state index < -0.39 is 0 Å². The number of aryl methyl sites for hydroxylation is 2. The van der Waals surface area contributed by atoms with Gasteiger partial charge in [0.1, 0.15) is 17.5 Å². The van der Waals surface area contributed by atoms with E-state index in [0.29, 0.717) is 19.5 Å². The molecule has 1 heterocycles. The van der Waals surface area contributed by atoms with Crippen LogP contribution in [-0.4, -0.2) is 43.1 Å². The quantitative estimate of drug-likeness (QED) is 0.726. The van der Waals surface area contributed by atoms with E-state index in [0.717, 1.165) is 23.9 Å². The van der Waals surface area contributed by atoms with Crippen LogP contribution in [0.15, 0.2) is 36.4 Å². The first-order chi connectivity index (χ1) is 11.5. The number of aromatic nitrogens is 2. The lowest BCUT2D eigenvalue weighted by molar-refractivity contribution is -0.120. The zero-order chi connectivity index (χ0) is 17.4. The topological polar surface area (TPSA) is 70.2 Å². The number of carbonyl (C=O) groups excluding carboxylic acids is 1. The third kappa shape index (κ3) is 5.87. The lowest BCUT2D eigenvalue weighted by Crippen LogP contribution is -2.29. The zero-order valence-electron chi connectivity index (χ0n) is 14.5. The molecule has 0 bridgehead atoms. The van der Waals surface area contributed by atoms with Gasteiger partial charge < -0.3 is 15.5 Å². The summed E-state index contributed by atoms with van der Waals surface area (Å²) in [5.74, 6) is 2.41. The van der Waals surface area contributed by atoms with Crippen molar-refractivity contribution in [2.45, 2.75) is 19.8 Å². The van der Waals surface area contributed by atoms with Gasteiger partial charge in [-0.3, -0.25) is 4.79 Å². The van der Waals surface area contributed by atoms with E-state index in [1.807, 2.05) is 62.3 Å². The molecule has 0 unspecified atom stereocenters. The van der Waals surface area contributed by atoms with Crippen LogP contribution in [0.1, 0.15) is 17.8 Å². The molecule has 0 saturated heterocycles. The Hall–Kier alpha value is -2.63. The lowest BCUT2D eigenvalue weighted by Gasteiger charge is -2.14. The zero-order valence-corrected chi connectivity index (χ0v) is 14.5. The van der Waals surface area contributed by atoms with Gasteiger partial charge in [-0.2, -0.15) is 0 Å². The maximum atomic E-state index is 11.9. The highest BCUT2D eigenvalue weighted by Crippen LogP contribution is 2.12. The van der Waals surface area contributed by atoms with Gasteiger partial charge in [0.2, 0.25) is 5.91 Å². The minimum atomic E-state index is 0.0634. The molecule has 0 saturated carbocycles. The predicted molar refractivity (Wildman–Crippen MR) is 97.4 cm³/mol. The molecule has 0 aliphatic carbocycles. The molecule has 2 aromatic rings. The lowest BCUT2D eigenvalue weighted by atomic mass is 10.1. The first kappa shape index (κ1) is 17.7. The molecule has 0 aliphatic rings. The third-order valence-electron chi connectivity index (χ3n) is 3.52. The smallest absolute Gasteiger partial charge is 0.220 e. The fourth-order valence-corrected chi connectivity index (χ4v) is 2.26. The molecule has 2 N–H and O–H groups in total. The molecular weight excluding hydrogens is 302 g/mol. The average molecular weight is 327 g/mol. The van der Waals surface area contributed by atoms with E-state index in [2.05, 4.69) is 20.6 Å². The van der Waals surface area contributed by atoms with Crippen LogP contribution in [0, 0.1) is 6.92 Å². The van der Waals surface area contributed by atoms with Gasteiger partial charge in [0, 0.05) is 39.7 Å². The third-order valence-corrected chi connectivity index (χ3v) is 3.52. The van der Waals surface area contributed by atoms with Crippen LogP contribution in [-0.2, 0) is 11.2 Å². The Morgan fingerprint density at radius 3 is 2.58 bits per heavy atom. The van der Waals surface area contributed by atoms with Gasteiger partial charge in [-0.25, -0.2) is 9.97 Å². The van der Waals surface area contributed by atoms with Crippen molar-refractivity contribution in [3.63, 3.8) is 0 Å². The van der Waals surface area contributed by atoms with Gasteiger partial charge in [-0.1, -0.05) is 30.3 Å². The van der Waals surface area contributed by atoms with Crippen LogP contribution in [0.4, 0.5) is 11.6 Å². The molecule has 1 aromatic carbocycles. The van der Waals surface area contributed by atoms with E-state index in [-0.39, 0.29) is 5.91 Å². The Morgan fingerprint density at radius 2 is 1.88 bits per heavy atom. The SMILES string of the molecule is Cc1nc(NCCNC(=O)CCc2ccccc2)cc(N(C)C)n1. The Morgan fingerprint density at radius 1 is 1.12 bits per heavy atom. The summed E-state index contributed by atoms with van der Waals surface area (Å²) in [6.07, 6.45) is 1.26. The second kappa shape index (κ2) is 8.86. The number of rotatable bonds is 8. The standard InChI is InChI=1S/C18H25N5O/c1-14-21-16(13-17(22-14)23(2)3)19-11-12-20-18(24)10-9-15-7-5-4-6-8-15/h4-8,13H,9-12H2,1-3H3,(H,20,24)(H,19,21,22). The van der Waals surface area contributed by atoms with Crippen molar-refractivity contribution in [1.82, 2.24) is 15.3 Å². The molecule has 128 valence electrons. The molecule has 1 amide bonds. The monoisotopic (exact) mass is 327 g/mol. The van der Waals surface area contributed by atoms with Crippen molar-refractivity contribution in [3.05, 3.63) is 47.8 Å². The number of anilines is 2. The van der Waals surface area contributed by atoms with Crippen molar-refractivity contribution >= 4 is 17.5 Å². The van der Waals surface area contributed by atoms with Gasteiger partial charge in [0.15, 0.2) is 0 Å². The molecule has 6 heteroatoms. The summed E-state index contributed by atoms with van der Waals surface area (Å²) in [6.45, 7) is 3.05. The normalized spacial score (nSPS) is 10.3. The summed E-state index contributed by atoms with van der Waals surface area (Å²) in [5.41, 5.74) is 1.18. The van der Waals surface area contributed by atoms with Crippen LogP contribution in [0.5, 0.6) is 0 Å². The Labute approximate surface area is 143 Å².